The van der Waals surface area contributed by atoms with Gasteiger partial charge in [0.15, 0.2) is 0 Å². The summed E-state index contributed by atoms with van der Waals surface area (Å²) in [4.78, 5) is 23.3. The molecular weight excluding hydrogens is 182 g/mol. The lowest BCUT2D eigenvalue weighted by molar-refractivity contribution is -0.138. The van der Waals surface area contributed by atoms with Gasteiger partial charge in [-0.1, -0.05) is 20.4 Å². The Bertz CT molecular complexity index is 283. The molecule has 0 bridgehead atoms. The van der Waals surface area contributed by atoms with Crippen molar-refractivity contribution in [3.8, 4) is 0 Å². The fourth-order valence-corrected chi connectivity index (χ4v) is 1.56. The average molecular weight is 197 g/mol. The van der Waals surface area contributed by atoms with Crippen LogP contribution in [-0.2, 0) is 9.59 Å². The molecule has 1 fully saturated rings. The van der Waals surface area contributed by atoms with Crippen LogP contribution in [0.1, 0.15) is 20.3 Å². The van der Waals surface area contributed by atoms with Crippen molar-refractivity contribution in [3.63, 3.8) is 0 Å². The van der Waals surface area contributed by atoms with E-state index in [1.54, 1.807) is 0 Å². The number of hydrogen-bond acceptors (Lipinski definition) is 2. The molecule has 0 saturated carbocycles. The van der Waals surface area contributed by atoms with E-state index in [0.29, 0.717) is 18.9 Å². The van der Waals surface area contributed by atoms with Crippen molar-refractivity contribution >= 4 is 11.9 Å². The third-order valence-electron chi connectivity index (χ3n) is 2.67. The van der Waals surface area contributed by atoms with Gasteiger partial charge in [0.2, 0.25) is 5.91 Å². The molecule has 0 aromatic carbocycles. The van der Waals surface area contributed by atoms with Gasteiger partial charge in [-0.3, -0.25) is 4.79 Å². The topological polar surface area (TPSA) is 57.6 Å². The van der Waals surface area contributed by atoms with Crippen LogP contribution in [0.15, 0.2) is 12.3 Å². The van der Waals surface area contributed by atoms with E-state index in [2.05, 4.69) is 6.58 Å². The van der Waals surface area contributed by atoms with Crippen molar-refractivity contribution in [1.29, 1.82) is 0 Å². The van der Waals surface area contributed by atoms with Gasteiger partial charge in [0.1, 0.15) is 5.70 Å². The van der Waals surface area contributed by atoms with Gasteiger partial charge in [-0.15, -0.1) is 0 Å². The second-order valence-corrected chi connectivity index (χ2v) is 3.96. The number of carboxylic acid groups (broad SMARTS) is 1. The number of rotatable bonds is 3. The van der Waals surface area contributed by atoms with Crippen molar-refractivity contribution in [2.45, 2.75) is 20.3 Å². The van der Waals surface area contributed by atoms with Gasteiger partial charge >= 0.3 is 5.97 Å². The van der Waals surface area contributed by atoms with Crippen molar-refractivity contribution in [3.05, 3.63) is 12.3 Å². The fourth-order valence-electron chi connectivity index (χ4n) is 1.56. The Morgan fingerprint density at radius 2 is 2.21 bits per heavy atom. The smallest absolute Gasteiger partial charge is 0.351 e. The molecule has 1 amide bonds. The Labute approximate surface area is 83.2 Å². The third-order valence-corrected chi connectivity index (χ3v) is 2.67. The summed E-state index contributed by atoms with van der Waals surface area (Å²) in [5.41, 5.74) is -0.113. The van der Waals surface area contributed by atoms with Crippen molar-refractivity contribution in [1.82, 2.24) is 4.90 Å². The first-order valence-electron chi connectivity index (χ1n) is 4.66. The summed E-state index contributed by atoms with van der Waals surface area (Å²) in [6, 6.07) is 0. The second kappa shape index (κ2) is 3.82. The number of carbonyl (C=O) groups is 2. The lowest BCUT2D eigenvalue weighted by Gasteiger charge is -2.17. The molecule has 1 aliphatic rings. The Hall–Kier alpha value is -1.32. The van der Waals surface area contributed by atoms with E-state index in [1.807, 2.05) is 13.8 Å². The molecule has 14 heavy (non-hydrogen) atoms. The van der Waals surface area contributed by atoms with E-state index in [-0.39, 0.29) is 17.5 Å². The zero-order valence-electron chi connectivity index (χ0n) is 8.49. The van der Waals surface area contributed by atoms with E-state index in [0.717, 1.165) is 0 Å². The summed E-state index contributed by atoms with van der Waals surface area (Å²) in [5.74, 6) is -0.608. The molecule has 0 aromatic heterocycles. The van der Waals surface area contributed by atoms with Crippen LogP contribution in [0.3, 0.4) is 0 Å². The molecule has 0 radical (unpaired) electrons. The molecule has 1 atom stereocenters. The Balaban J connectivity index is 2.70. The van der Waals surface area contributed by atoms with Crippen molar-refractivity contribution in [2.24, 2.45) is 11.8 Å². The first-order valence-corrected chi connectivity index (χ1v) is 4.66. The Morgan fingerprint density at radius 1 is 1.64 bits per heavy atom. The van der Waals surface area contributed by atoms with Gasteiger partial charge in [0.05, 0.1) is 0 Å². The standard InChI is InChI=1S/C10H15NO3/c1-6(2)8-4-9(12)11(5-8)7(3)10(13)14/h6,8H,3-5H2,1-2H3,(H,13,14). The monoisotopic (exact) mass is 197 g/mol. The molecule has 1 unspecified atom stereocenters. The van der Waals surface area contributed by atoms with Crippen LogP contribution in [0, 0.1) is 11.8 Å². The Kier molecular flexibility index (Phi) is 2.93. The summed E-state index contributed by atoms with van der Waals surface area (Å²) < 4.78 is 0. The van der Waals surface area contributed by atoms with Gasteiger partial charge < -0.3 is 10.0 Å². The van der Waals surface area contributed by atoms with Gasteiger partial charge in [-0.05, 0) is 11.8 Å². The summed E-state index contributed by atoms with van der Waals surface area (Å²) in [6.45, 7) is 7.94. The second-order valence-electron chi connectivity index (χ2n) is 3.96. The number of carbonyl (C=O) groups excluding carboxylic acids is 1. The number of aliphatic carboxylic acids is 1. The third kappa shape index (κ3) is 1.95. The van der Waals surface area contributed by atoms with E-state index in [9.17, 15) is 9.59 Å². The van der Waals surface area contributed by atoms with E-state index < -0.39 is 5.97 Å². The number of amides is 1. The van der Waals surface area contributed by atoms with Crippen LogP contribution < -0.4 is 0 Å². The lowest BCUT2D eigenvalue weighted by atomic mass is 9.95. The highest BCUT2D eigenvalue weighted by molar-refractivity contribution is 5.93. The normalized spacial score (nSPS) is 21.8. The molecule has 1 aliphatic heterocycles. The molecule has 1 rings (SSSR count). The Morgan fingerprint density at radius 3 is 2.57 bits per heavy atom. The molecule has 1 saturated heterocycles. The maximum atomic E-state index is 11.4. The minimum Gasteiger partial charge on any atom is -0.477 e. The molecule has 1 heterocycles. The maximum Gasteiger partial charge on any atom is 0.351 e. The van der Waals surface area contributed by atoms with Gasteiger partial charge in [0, 0.05) is 13.0 Å². The van der Waals surface area contributed by atoms with E-state index in [1.165, 1.54) is 4.90 Å². The first kappa shape index (κ1) is 10.8. The van der Waals surface area contributed by atoms with Crippen molar-refractivity contribution in [2.75, 3.05) is 6.54 Å². The molecule has 4 heteroatoms. The van der Waals surface area contributed by atoms with Crippen LogP contribution in [0.25, 0.3) is 0 Å². The van der Waals surface area contributed by atoms with Gasteiger partial charge in [-0.25, -0.2) is 4.79 Å². The minimum absolute atomic E-state index is 0.113. The molecule has 4 nitrogen and oxygen atoms in total. The summed E-state index contributed by atoms with van der Waals surface area (Å²) >= 11 is 0. The zero-order valence-corrected chi connectivity index (χ0v) is 8.49. The molecule has 0 aromatic rings. The predicted octanol–water partition coefficient (Wildman–Crippen LogP) is 1.09. The maximum absolute atomic E-state index is 11.4. The number of carboxylic acids is 1. The van der Waals surface area contributed by atoms with Crippen LogP contribution in [-0.4, -0.2) is 28.4 Å². The highest BCUT2D eigenvalue weighted by atomic mass is 16.4. The molecule has 0 aliphatic carbocycles. The van der Waals surface area contributed by atoms with E-state index >= 15 is 0 Å². The van der Waals surface area contributed by atoms with Gasteiger partial charge in [-0.2, -0.15) is 0 Å². The summed E-state index contributed by atoms with van der Waals surface area (Å²) in [6.07, 6.45) is 0.434. The van der Waals surface area contributed by atoms with Crippen LogP contribution >= 0.6 is 0 Å². The summed E-state index contributed by atoms with van der Waals surface area (Å²) in [5, 5.41) is 8.69. The molecule has 78 valence electrons. The highest BCUT2D eigenvalue weighted by Gasteiger charge is 2.34. The quantitative estimate of drug-likeness (QED) is 0.689. The fraction of sp³-hybridized carbons (Fsp3) is 0.600. The average Bonchev–Trinajstić information content (AvgIpc) is 2.46. The molecule has 1 N–H and O–H groups in total. The lowest BCUT2D eigenvalue weighted by Crippen LogP contribution is -2.28. The van der Waals surface area contributed by atoms with Crippen LogP contribution in [0.2, 0.25) is 0 Å². The van der Waals surface area contributed by atoms with Crippen LogP contribution in [0.4, 0.5) is 0 Å². The SMILES string of the molecule is C=C(C(=O)O)N1CC(C(C)C)CC1=O. The van der Waals surface area contributed by atoms with Crippen molar-refractivity contribution < 1.29 is 14.7 Å². The summed E-state index contributed by atoms with van der Waals surface area (Å²) in [7, 11) is 0. The number of nitrogens with zero attached hydrogens (tertiary/aromatic N) is 1. The molecule has 0 spiro atoms. The minimum atomic E-state index is -1.12. The first-order chi connectivity index (χ1) is 6.43. The number of likely N-dealkylation sites (tertiary alicyclic amines) is 1. The highest BCUT2D eigenvalue weighted by Crippen LogP contribution is 2.26. The zero-order chi connectivity index (χ0) is 10.9. The largest absolute Gasteiger partial charge is 0.477 e. The van der Waals surface area contributed by atoms with E-state index in [4.69, 9.17) is 5.11 Å². The van der Waals surface area contributed by atoms with Crippen LogP contribution in [0.5, 0.6) is 0 Å². The molecular formula is C10H15NO3. The predicted molar refractivity (Wildman–Crippen MR) is 51.4 cm³/mol. The van der Waals surface area contributed by atoms with Gasteiger partial charge in [0.25, 0.3) is 0 Å². The number of hydrogen-bond donors (Lipinski definition) is 1.